The summed E-state index contributed by atoms with van der Waals surface area (Å²) in [6, 6.07) is 32.7. The smallest absolute Gasteiger partial charge is 0.271 e. The predicted molar refractivity (Wildman–Crippen MR) is 174 cm³/mol. The van der Waals surface area contributed by atoms with Gasteiger partial charge in [0, 0.05) is 11.3 Å². The minimum atomic E-state index is -0.708. The molecular formula is C36H28N4O4S. The summed E-state index contributed by atoms with van der Waals surface area (Å²) < 4.78 is 13.5. The highest BCUT2D eigenvalue weighted by molar-refractivity contribution is 7.07. The third kappa shape index (κ3) is 6.18. The number of ether oxygens (including phenoxy) is 2. The second-order valence-corrected chi connectivity index (χ2v) is 11.3. The van der Waals surface area contributed by atoms with Gasteiger partial charge < -0.3 is 14.8 Å². The Hall–Kier alpha value is -5.72. The number of allylic oxidation sites excluding steroid dienone is 1. The number of hydrogen-bond donors (Lipinski definition) is 1. The van der Waals surface area contributed by atoms with Crippen LogP contribution in [0.25, 0.3) is 6.08 Å². The first-order chi connectivity index (χ1) is 21.9. The predicted octanol–water partition coefficient (Wildman–Crippen LogP) is 5.33. The van der Waals surface area contributed by atoms with Crippen LogP contribution in [0, 0.1) is 11.3 Å². The summed E-state index contributed by atoms with van der Waals surface area (Å²) in [4.78, 5) is 33.1. The molecule has 9 heteroatoms. The number of carbonyl (C=O) groups excluding carboxylic acids is 1. The lowest BCUT2D eigenvalue weighted by molar-refractivity contribution is -0.113. The first-order valence-corrected chi connectivity index (χ1v) is 15.0. The molecule has 4 aromatic carbocycles. The van der Waals surface area contributed by atoms with Gasteiger partial charge in [-0.15, -0.1) is 0 Å². The quantitative estimate of drug-likeness (QED) is 0.255. The van der Waals surface area contributed by atoms with E-state index < -0.39 is 6.04 Å². The minimum Gasteiger partial charge on any atom is -0.497 e. The summed E-state index contributed by atoms with van der Waals surface area (Å²) in [7, 11) is 1.59. The number of aromatic nitrogens is 1. The average Bonchev–Trinajstić information content (AvgIpc) is 3.38. The number of rotatable bonds is 8. The highest BCUT2D eigenvalue weighted by Gasteiger charge is 2.32. The van der Waals surface area contributed by atoms with Crippen molar-refractivity contribution in [1.29, 1.82) is 5.26 Å². The van der Waals surface area contributed by atoms with Crippen LogP contribution in [-0.4, -0.2) is 17.6 Å². The van der Waals surface area contributed by atoms with Gasteiger partial charge in [-0.3, -0.25) is 14.2 Å². The van der Waals surface area contributed by atoms with Crippen LogP contribution >= 0.6 is 11.3 Å². The maximum absolute atomic E-state index is 14.1. The molecule has 5 aromatic rings. The average molecular weight is 613 g/mol. The monoisotopic (exact) mass is 612 g/mol. The summed E-state index contributed by atoms with van der Waals surface area (Å²) in [5.41, 5.74) is 4.28. The summed E-state index contributed by atoms with van der Waals surface area (Å²) in [5, 5.41) is 12.0. The van der Waals surface area contributed by atoms with E-state index in [0.29, 0.717) is 50.0 Å². The summed E-state index contributed by atoms with van der Waals surface area (Å²) >= 11 is 1.26. The molecule has 0 fully saturated rings. The van der Waals surface area contributed by atoms with Crippen LogP contribution in [0.1, 0.15) is 35.2 Å². The first kappa shape index (κ1) is 29.4. The van der Waals surface area contributed by atoms with Gasteiger partial charge in [0.15, 0.2) is 4.80 Å². The Morgan fingerprint density at radius 3 is 2.42 bits per heavy atom. The van der Waals surface area contributed by atoms with Gasteiger partial charge in [-0.05, 0) is 66.6 Å². The highest BCUT2D eigenvalue weighted by Crippen LogP contribution is 2.32. The zero-order valence-corrected chi connectivity index (χ0v) is 25.4. The van der Waals surface area contributed by atoms with Gasteiger partial charge in [-0.1, -0.05) is 72.0 Å². The van der Waals surface area contributed by atoms with Crippen LogP contribution in [0.3, 0.4) is 0 Å². The zero-order valence-electron chi connectivity index (χ0n) is 24.6. The van der Waals surface area contributed by atoms with Crippen molar-refractivity contribution < 1.29 is 14.3 Å². The Morgan fingerprint density at radius 2 is 1.71 bits per heavy atom. The summed E-state index contributed by atoms with van der Waals surface area (Å²) in [6.07, 6.45) is 1.80. The minimum absolute atomic E-state index is 0.265. The van der Waals surface area contributed by atoms with E-state index in [1.54, 1.807) is 36.8 Å². The number of amides is 1. The van der Waals surface area contributed by atoms with Crippen molar-refractivity contribution in [3.63, 3.8) is 0 Å². The molecular weight excluding hydrogens is 584 g/mol. The van der Waals surface area contributed by atoms with E-state index in [0.717, 1.165) is 16.7 Å². The number of nitriles is 1. The first-order valence-electron chi connectivity index (χ1n) is 14.2. The van der Waals surface area contributed by atoms with Gasteiger partial charge in [-0.25, -0.2) is 4.99 Å². The van der Waals surface area contributed by atoms with Crippen LogP contribution in [0.2, 0.25) is 0 Å². The molecule has 1 atom stereocenters. The molecule has 0 saturated heterocycles. The topological polar surface area (TPSA) is 106 Å². The van der Waals surface area contributed by atoms with Gasteiger partial charge in [0.1, 0.15) is 18.1 Å². The standard InChI is InChI=1S/C36H28N4O4S/c1-23-32(34(41)39-28-9-4-3-5-10-28)33(26-16-18-29(43-2)19-17-26)40-35(42)31(45-36(40)38-23)20-27-8-6-7-11-30(27)44-22-25-14-12-24(21-37)13-15-25/h3-20,33H,22H2,1-2H3,(H,39,41)/b31-20+/t33-/m0/s1. The fraction of sp³-hybridized carbons (Fsp3) is 0.111. The fourth-order valence-electron chi connectivity index (χ4n) is 5.14. The summed E-state index contributed by atoms with van der Waals surface area (Å²) in [6.45, 7) is 2.09. The highest BCUT2D eigenvalue weighted by atomic mass is 32.1. The van der Waals surface area contributed by atoms with Gasteiger partial charge >= 0.3 is 0 Å². The molecule has 1 amide bonds. The van der Waals surface area contributed by atoms with Crippen LogP contribution in [-0.2, 0) is 11.4 Å². The molecule has 0 bridgehead atoms. The van der Waals surface area contributed by atoms with Gasteiger partial charge in [0.25, 0.3) is 11.5 Å². The van der Waals surface area contributed by atoms with Crippen molar-refractivity contribution in [1.82, 2.24) is 4.57 Å². The van der Waals surface area contributed by atoms with Crippen molar-refractivity contribution in [3.8, 4) is 17.6 Å². The molecule has 0 aliphatic carbocycles. The normalized spacial score (nSPS) is 14.2. The van der Waals surface area contributed by atoms with Gasteiger partial charge in [-0.2, -0.15) is 5.26 Å². The third-order valence-electron chi connectivity index (χ3n) is 7.41. The number of nitrogens with one attached hydrogen (secondary N) is 1. The number of methoxy groups -OCH3 is 1. The number of hydrogen-bond acceptors (Lipinski definition) is 7. The van der Waals surface area contributed by atoms with E-state index in [-0.39, 0.29) is 11.5 Å². The lowest BCUT2D eigenvalue weighted by Crippen LogP contribution is -2.40. The molecule has 1 N–H and O–H groups in total. The molecule has 8 nitrogen and oxygen atoms in total. The largest absolute Gasteiger partial charge is 0.497 e. The molecule has 1 aromatic heterocycles. The number of benzene rings is 4. The molecule has 1 aliphatic rings. The number of fused-ring (bicyclic) bond motifs is 1. The molecule has 2 heterocycles. The van der Waals surface area contributed by atoms with Crippen molar-refractivity contribution >= 4 is 29.0 Å². The second kappa shape index (κ2) is 12.9. The van der Waals surface area contributed by atoms with Crippen molar-refractivity contribution in [2.45, 2.75) is 19.6 Å². The molecule has 45 heavy (non-hydrogen) atoms. The molecule has 222 valence electrons. The van der Waals surface area contributed by atoms with Crippen LogP contribution in [0.5, 0.6) is 11.5 Å². The Bertz CT molecular complexity index is 2130. The fourth-order valence-corrected chi connectivity index (χ4v) is 6.18. The maximum Gasteiger partial charge on any atom is 0.271 e. The van der Waals surface area contributed by atoms with Crippen LogP contribution in [0.4, 0.5) is 5.69 Å². The van der Waals surface area contributed by atoms with E-state index in [4.69, 9.17) is 19.7 Å². The van der Waals surface area contributed by atoms with Crippen LogP contribution < -0.4 is 29.7 Å². The SMILES string of the molecule is COc1ccc([C@H]2C(C(=O)Nc3ccccc3)=C(C)N=c3s/c(=C/c4ccccc4OCc4ccc(C#N)cc4)c(=O)n32)cc1. The number of nitrogens with zero attached hydrogens (tertiary/aromatic N) is 3. The van der Waals surface area contributed by atoms with Crippen LogP contribution in [0.15, 0.2) is 124 Å². The number of carbonyl (C=O) groups is 1. The Balaban J connectivity index is 1.40. The van der Waals surface area contributed by atoms with Crippen molar-refractivity contribution in [2.24, 2.45) is 4.99 Å². The van der Waals surface area contributed by atoms with E-state index in [1.807, 2.05) is 91.0 Å². The van der Waals surface area contributed by atoms with Crippen molar-refractivity contribution in [2.75, 3.05) is 12.4 Å². The third-order valence-corrected chi connectivity index (χ3v) is 8.40. The number of anilines is 1. The van der Waals surface area contributed by atoms with E-state index >= 15 is 0 Å². The second-order valence-electron chi connectivity index (χ2n) is 10.3. The molecule has 0 spiro atoms. The van der Waals surface area contributed by atoms with E-state index in [2.05, 4.69) is 11.4 Å². The lowest BCUT2D eigenvalue weighted by Gasteiger charge is -2.25. The number of thiazole rings is 1. The van der Waals surface area contributed by atoms with Gasteiger partial charge in [0.05, 0.1) is 40.6 Å². The van der Waals surface area contributed by atoms with E-state index in [1.165, 1.54) is 11.3 Å². The van der Waals surface area contributed by atoms with Gasteiger partial charge in [0.2, 0.25) is 0 Å². The Labute approximate surface area is 263 Å². The Morgan fingerprint density at radius 1 is 1.00 bits per heavy atom. The van der Waals surface area contributed by atoms with Crippen molar-refractivity contribution in [3.05, 3.63) is 156 Å². The lowest BCUT2D eigenvalue weighted by atomic mass is 9.95. The maximum atomic E-state index is 14.1. The molecule has 1 aliphatic heterocycles. The van der Waals surface area contributed by atoms with E-state index in [9.17, 15) is 9.59 Å². The molecule has 0 saturated carbocycles. The number of para-hydroxylation sites is 2. The zero-order chi connectivity index (χ0) is 31.3. The molecule has 0 radical (unpaired) electrons. The molecule has 6 rings (SSSR count). The summed E-state index contributed by atoms with van der Waals surface area (Å²) in [5.74, 6) is 0.942. The molecule has 0 unspecified atom stereocenters. The Kier molecular flexibility index (Phi) is 8.40.